The highest BCUT2D eigenvalue weighted by molar-refractivity contribution is 5.76. The van der Waals surface area contributed by atoms with Gasteiger partial charge in [-0.2, -0.15) is 0 Å². The lowest BCUT2D eigenvalue weighted by Gasteiger charge is -2.28. The quantitative estimate of drug-likeness (QED) is 0.803. The van der Waals surface area contributed by atoms with Gasteiger partial charge in [-0.05, 0) is 69.9 Å². The number of hydrogen-bond acceptors (Lipinski definition) is 2. The lowest BCUT2D eigenvalue weighted by molar-refractivity contribution is -0.122. The largest absolute Gasteiger partial charge is 0.353 e. The smallest absolute Gasteiger partial charge is 0.220 e. The maximum Gasteiger partial charge on any atom is 0.220 e. The third-order valence-corrected chi connectivity index (χ3v) is 4.97. The summed E-state index contributed by atoms with van der Waals surface area (Å²) in [7, 11) is 0. The van der Waals surface area contributed by atoms with Gasteiger partial charge in [0.15, 0.2) is 0 Å². The maximum absolute atomic E-state index is 12.0. The predicted molar refractivity (Wildman–Crippen MR) is 79.0 cm³/mol. The van der Waals surface area contributed by atoms with E-state index < -0.39 is 0 Å². The molecule has 3 nitrogen and oxygen atoms in total. The van der Waals surface area contributed by atoms with Crippen molar-refractivity contribution in [2.45, 2.75) is 70.8 Å². The van der Waals surface area contributed by atoms with Crippen LogP contribution in [-0.2, 0) is 4.79 Å². The van der Waals surface area contributed by atoms with Crippen molar-refractivity contribution in [3.63, 3.8) is 0 Å². The second-order valence-corrected chi connectivity index (χ2v) is 6.44. The lowest BCUT2D eigenvalue weighted by atomic mass is 9.84. The molecule has 1 amide bonds. The van der Waals surface area contributed by atoms with Crippen molar-refractivity contribution in [3.05, 3.63) is 0 Å². The summed E-state index contributed by atoms with van der Waals surface area (Å²) in [6.07, 6.45) is 10.6. The molecule has 1 heterocycles. The van der Waals surface area contributed by atoms with Crippen molar-refractivity contribution >= 4 is 5.91 Å². The predicted octanol–water partition coefficient (Wildman–Crippen LogP) is 2.85. The Morgan fingerprint density at radius 1 is 1.16 bits per heavy atom. The summed E-state index contributed by atoms with van der Waals surface area (Å²) >= 11 is 0. The van der Waals surface area contributed by atoms with Crippen LogP contribution in [0.3, 0.4) is 0 Å². The highest BCUT2D eigenvalue weighted by Crippen LogP contribution is 2.26. The molecule has 0 radical (unpaired) electrons. The lowest BCUT2D eigenvalue weighted by Crippen LogP contribution is -2.38. The second-order valence-electron chi connectivity index (χ2n) is 6.44. The van der Waals surface area contributed by atoms with Crippen LogP contribution in [0.4, 0.5) is 0 Å². The van der Waals surface area contributed by atoms with Crippen molar-refractivity contribution in [2.24, 2.45) is 11.8 Å². The molecule has 2 rings (SSSR count). The number of rotatable bonds is 5. The second kappa shape index (κ2) is 7.88. The standard InChI is InChI=1S/C16H30N2O/c1-2-13-5-8-15(9-6-13)18-16(19)10-7-14-4-3-11-17-12-14/h13-15,17H,2-12H2,1H3,(H,18,19). The number of amides is 1. The molecule has 1 saturated carbocycles. The van der Waals surface area contributed by atoms with Gasteiger partial charge >= 0.3 is 0 Å². The minimum absolute atomic E-state index is 0.283. The number of carbonyl (C=O) groups excluding carboxylic acids is 1. The van der Waals surface area contributed by atoms with Gasteiger partial charge in [0.2, 0.25) is 5.91 Å². The fraction of sp³-hybridized carbons (Fsp3) is 0.938. The number of hydrogen-bond donors (Lipinski definition) is 2. The molecular weight excluding hydrogens is 236 g/mol. The van der Waals surface area contributed by atoms with Crippen LogP contribution >= 0.6 is 0 Å². The topological polar surface area (TPSA) is 41.1 Å². The number of carbonyl (C=O) groups is 1. The zero-order chi connectivity index (χ0) is 13.5. The van der Waals surface area contributed by atoms with Gasteiger partial charge in [-0.25, -0.2) is 0 Å². The molecule has 1 aliphatic carbocycles. The Balaban J connectivity index is 1.59. The Bertz CT molecular complexity index is 266. The van der Waals surface area contributed by atoms with Gasteiger partial charge in [-0.3, -0.25) is 4.79 Å². The minimum Gasteiger partial charge on any atom is -0.353 e. The molecule has 0 aromatic heterocycles. The summed E-state index contributed by atoms with van der Waals surface area (Å²) < 4.78 is 0. The molecule has 2 fully saturated rings. The summed E-state index contributed by atoms with van der Waals surface area (Å²) in [6, 6.07) is 0.458. The van der Waals surface area contributed by atoms with Crippen LogP contribution in [0, 0.1) is 11.8 Å². The summed E-state index contributed by atoms with van der Waals surface area (Å²) in [5.74, 6) is 1.90. The Hall–Kier alpha value is -0.570. The highest BCUT2D eigenvalue weighted by atomic mass is 16.1. The molecule has 2 N–H and O–H groups in total. The summed E-state index contributed by atoms with van der Waals surface area (Å²) in [5, 5.41) is 6.66. The average molecular weight is 266 g/mol. The third-order valence-electron chi connectivity index (χ3n) is 4.97. The first kappa shape index (κ1) is 14.8. The molecule has 0 bridgehead atoms. The van der Waals surface area contributed by atoms with Crippen molar-refractivity contribution in [1.29, 1.82) is 0 Å². The maximum atomic E-state index is 12.0. The van der Waals surface area contributed by atoms with Gasteiger partial charge < -0.3 is 10.6 Å². The molecule has 19 heavy (non-hydrogen) atoms. The van der Waals surface area contributed by atoms with E-state index in [1.807, 2.05) is 0 Å². The van der Waals surface area contributed by atoms with Crippen LogP contribution in [0.15, 0.2) is 0 Å². The van der Waals surface area contributed by atoms with E-state index in [4.69, 9.17) is 0 Å². The van der Waals surface area contributed by atoms with Gasteiger partial charge in [0.1, 0.15) is 0 Å². The van der Waals surface area contributed by atoms with Crippen LogP contribution in [0.5, 0.6) is 0 Å². The zero-order valence-corrected chi connectivity index (χ0v) is 12.4. The molecule has 110 valence electrons. The van der Waals surface area contributed by atoms with E-state index in [2.05, 4.69) is 17.6 Å². The van der Waals surface area contributed by atoms with Gasteiger partial charge in [-0.1, -0.05) is 13.3 Å². The van der Waals surface area contributed by atoms with E-state index in [1.165, 1.54) is 44.9 Å². The summed E-state index contributed by atoms with van der Waals surface area (Å²) in [6.45, 7) is 4.54. The van der Waals surface area contributed by atoms with E-state index in [1.54, 1.807) is 0 Å². The Morgan fingerprint density at radius 3 is 2.58 bits per heavy atom. The fourth-order valence-corrected chi connectivity index (χ4v) is 3.52. The van der Waals surface area contributed by atoms with Gasteiger partial charge in [0, 0.05) is 12.5 Å². The normalized spacial score (nSPS) is 31.9. The Kier molecular flexibility index (Phi) is 6.15. The monoisotopic (exact) mass is 266 g/mol. The Labute approximate surface area is 117 Å². The fourth-order valence-electron chi connectivity index (χ4n) is 3.52. The molecule has 0 aromatic rings. The molecule has 0 aromatic carbocycles. The van der Waals surface area contributed by atoms with Crippen molar-refractivity contribution in [2.75, 3.05) is 13.1 Å². The van der Waals surface area contributed by atoms with E-state index in [9.17, 15) is 4.79 Å². The van der Waals surface area contributed by atoms with Gasteiger partial charge in [0.05, 0.1) is 0 Å². The van der Waals surface area contributed by atoms with Crippen LogP contribution in [0.2, 0.25) is 0 Å². The van der Waals surface area contributed by atoms with Crippen LogP contribution < -0.4 is 10.6 Å². The minimum atomic E-state index is 0.283. The van der Waals surface area contributed by atoms with Crippen LogP contribution in [0.1, 0.15) is 64.7 Å². The molecule has 2 aliphatic rings. The van der Waals surface area contributed by atoms with E-state index in [0.717, 1.165) is 37.8 Å². The molecule has 1 unspecified atom stereocenters. The van der Waals surface area contributed by atoms with Crippen molar-refractivity contribution in [1.82, 2.24) is 10.6 Å². The van der Waals surface area contributed by atoms with Crippen molar-refractivity contribution < 1.29 is 4.79 Å². The Morgan fingerprint density at radius 2 is 1.95 bits per heavy atom. The van der Waals surface area contributed by atoms with E-state index in [-0.39, 0.29) is 5.91 Å². The molecule has 0 spiro atoms. The average Bonchev–Trinajstić information content (AvgIpc) is 2.47. The summed E-state index contributed by atoms with van der Waals surface area (Å²) in [4.78, 5) is 12.0. The molecular formula is C16H30N2O. The van der Waals surface area contributed by atoms with Gasteiger partial charge in [-0.15, -0.1) is 0 Å². The van der Waals surface area contributed by atoms with Crippen LogP contribution in [-0.4, -0.2) is 25.0 Å². The SMILES string of the molecule is CCC1CCC(NC(=O)CCC2CCCNC2)CC1. The van der Waals surface area contributed by atoms with Crippen LogP contribution in [0.25, 0.3) is 0 Å². The number of piperidine rings is 1. The third kappa shape index (κ3) is 5.13. The molecule has 3 heteroatoms. The van der Waals surface area contributed by atoms with Gasteiger partial charge in [0.25, 0.3) is 0 Å². The molecule has 1 atom stereocenters. The summed E-state index contributed by atoms with van der Waals surface area (Å²) in [5.41, 5.74) is 0. The first-order valence-electron chi connectivity index (χ1n) is 8.28. The molecule has 1 saturated heterocycles. The zero-order valence-electron chi connectivity index (χ0n) is 12.4. The van der Waals surface area contributed by atoms with Crippen molar-refractivity contribution in [3.8, 4) is 0 Å². The highest BCUT2D eigenvalue weighted by Gasteiger charge is 2.21. The van der Waals surface area contributed by atoms with E-state index in [0.29, 0.717) is 6.04 Å². The number of nitrogens with one attached hydrogen (secondary N) is 2. The first-order chi connectivity index (χ1) is 9.28. The van der Waals surface area contributed by atoms with E-state index >= 15 is 0 Å². The molecule has 1 aliphatic heterocycles. The first-order valence-corrected chi connectivity index (χ1v) is 8.28.